The highest BCUT2D eigenvalue weighted by Gasteiger charge is 2.24. The average molecular weight is 293 g/mol. The molecule has 0 amide bonds. The predicted molar refractivity (Wildman–Crippen MR) is 76.6 cm³/mol. The second-order valence-corrected chi connectivity index (χ2v) is 7.56. The van der Waals surface area contributed by atoms with E-state index in [1.54, 1.807) is 0 Å². The Hall–Kier alpha value is -0.210. The Morgan fingerprint density at radius 1 is 1.26 bits per heavy atom. The summed E-state index contributed by atoms with van der Waals surface area (Å²) < 4.78 is 24.3. The fraction of sp³-hybridized carbons (Fsp3) is 1.00. The van der Waals surface area contributed by atoms with E-state index in [0.29, 0.717) is 13.1 Å². The Labute approximate surface area is 116 Å². The smallest absolute Gasteiger partial charge is 0.211 e. The van der Waals surface area contributed by atoms with Crippen molar-refractivity contribution in [3.8, 4) is 0 Å². The number of nitrogens with one attached hydrogen (secondary N) is 1. The van der Waals surface area contributed by atoms with Gasteiger partial charge < -0.3 is 15.3 Å². The fourth-order valence-electron chi connectivity index (χ4n) is 2.26. The van der Waals surface area contributed by atoms with E-state index >= 15 is 0 Å². The molecule has 1 aliphatic rings. The maximum Gasteiger partial charge on any atom is 0.211 e. The fourth-order valence-corrected chi connectivity index (χ4v) is 3.09. The van der Waals surface area contributed by atoms with Gasteiger partial charge in [0.15, 0.2) is 0 Å². The number of nitrogens with zero attached hydrogens (tertiary/aromatic N) is 2. The minimum absolute atomic E-state index is 0.130. The van der Waals surface area contributed by atoms with Gasteiger partial charge in [-0.05, 0) is 33.4 Å². The SMILES string of the molecule is CNC(C)(CO)CCCN1CCN(S(C)(=O)=O)CC1. The number of hydrogen-bond acceptors (Lipinski definition) is 5. The molecule has 0 bridgehead atoms. The first-order valence-corrected chi connectivity index (χ1v) is 8.63. The lowest BCUT2D eigenvalue weighted by molar-refractivity contribution is 0.152. The molecule has 1 fully saturated rings. The van der Waals surface area contributed by atoms with Crippen molar-refractivity contribution in [3.63, 3.8) is 0 Å². The van der Waals surface area contributed by atoms with Crippen molar-refractivity contribution in [2.24, 2.45) is 0 Å². The predicted octanol–water partition coefficient (Wildman–Crippen LogP) is -0.686. The number of piperazine rings is 1. The third-order valence-electron chi connectivity index (χ3n) is 3.96. The van der Waals surface area contributed by atoms with Crippen LogP contribution in [0.3, 0.4) is 0 Å². The monoisotopic (exact) mass is 293 g/mol. The van der Waals surface area contributed by atoms with Crippen LogP contribution in [-0.4, -0.2) is 80.9 Å². The summed E-state index contributed by atoms with van der Waals surface area (Å²) in [5.41, 5.74) is -0.214. The molecule has 1 aliphatic heterocycles. The lowest BCUT2D eigenvalue weighted by Crippen LogP contribution is -2.49. The summed E-state index contributed by atoms with van der Waals surface area (Å²) in [6.45, 7) is 5.85. The highest BCUT2D eigenvalue weighted by Crippen LogP contribution is 2.13. The van der Waals surface area contributed by atoms with Crippen LogP contribution in [0.4, 0.5) is 0 Å². The van der Waals surface area contributed by atoms with E-state index in [9.17, 15) is 13.5 Å². The van der Waals surface area contributed by atoms with Crippen molar-refractivity contribution in [3.05, 3.63) is 0 Å². The third kappa shape index (κ3) is 5.35. The van der Waals surface area contributed by atoms with Crippen molar-refractivity contribution in [2.75, 3.05) is 52.6 Å². The Bertz CT molecular complexity index is 360. The zero-order chi connectivity index (χ0) is 14.5. The van der Waals surface area contributed by atoms with E-state index in [-0.39, 0.29) is 12.1 Å². The van der Waals surface area contributed by atoms with E-state index in [4.69, 9.17) is 0 Å². The number of likely N-dealkylation sites (N-methyl/N-ethyl adjacent to an activating group) is 1. The molecular weight excluding hydrogens is 266 g/mol. The van der Waals surface area contributed by atoms with Crippen molar-refractivity contribution >= 4 is 10.0 Å². The average Bonchev–Trinajstić information content (AvgIpc) is 2.38. The zero-order valence-corrected chi connectivity index (χ0v) is 13.0. The van der Waals surface area contributed by atoms with Gasteiger partial charge in [-0.1, -0.05) is 0 Å². The first-order valence-electron chi connectivity index (χ1n) is 6.78. The van der Waals surface area contributed by atoms with Crippen LogP contribution in [0.15, 0.2) is 0 Å². The lowest BCUT2D eigenvalue weighted by atomic mass is 9.97. The molecule has 1 atom stereocenters. The van der Waals surface area contributed by atoms with Crippen LogP contribution in [0.2, 0.25) is 0 Å². The molecule has 1 unspecified atom stereocenters. The van der Waals surface area contributed by atoms with Crippen LogP contribution in [0.1, 0.15) is 19.8 Å². The third-order valence-corrected chi connectivity index (χ3v) is 5.26. The maximum atomic E-state index is 11.4. The van der Waals surface area contributed by atoms with Gasteiger partial charge in [0, 0.05) is 31.7 Å². The van der Waals surface area contributed by atoms with Gasteiger partial charge in [0.2, 0.25) is 10.0 Å². The Morgan fingerprint density at radius 2 is 1.84 bits per heavy atom. The summed E-state index contributed by atoms with van der Waals surface area (Å²) in [6.07, 6.45) is 3.17. The minimum atomic E-state index is -3.04. The summed E-state index contributed by atoms with van der Waals surface area (Å²) in [6, 6.07) is 0. The molecular formula is C12H27N3O3S. The molecule has 6 nitrogen and oxygen atoms in total. The number of aliphatic hydroxyl groups is 1. The summed E-state index contributed by atoms with van der Waals surface area (Å²) in [7, 11) is -1.18. The van der Waals surface area contributed by atoms with Crippen molar-refractivity contribution in [1.82, 2.24) is 14.5 Å². The van der Waals surface area contributed by atoms with Gasteiger partial charge in [-0.25, -0.2) is 8.42 Å². The molecule has 114 valence electrons. The lowest BCUT2D eigenvalue weighted by Gasteiger charge is -2.34. The highest BCUT2D eigenvalue weighted by atomic mass is 32.2. The van der Waals surface area contributed by atoms with E-state index in [0.717, 1.165) is 32.5 Å². The summed E-state index contributed by atoms with van der Waals surface area (Å²) in [5.74, 6) is 0. The highest BCUT2D eigenvalue weighted by molar-refractivity contribution is 7.88. The largest absolute Gasteiger partial charge is 0.394 e. The molecule has 0 aromatic rings. The van der Waals surface area contributed by atoms with Gasteiger partial charge in [0.05, 0.1) is 12.9 Å². The van der Waals surface area contributed by atoms with Crippen LogP contribution in [-0.2, 0) is 10.0 Å². The summed E-state index contributed by atoms with van der Waals surface area (Å²) >= 11 is 0. The van der Waals surface area contributed by atoms with Gasteiger partial charge in [-0.2, -0.15) is 4.31 Å². The molecule has 1 rings (SSSR count). The number of sulfonamides is 1. The molecule has 1 heterocycles. The van der Waals surface area contributed by atoms with Crippen molar-refractivity contribution < 1.29 is 13.5 Å². The van der Waals surface area contributed by atoms with E-state index in [1.807, 2.05) is 14.0 Å². The second-order valence-electron chi connectivity index (χ2n) is 5.58. The first-order chi connectivity index (χ1) is 8.80. The van der Waals surface area contributed by atoms with Gasteiger partial charge >= 0.3 is 0 Å². The molecule has 0 saturated carbocycles. The van der Waals surface area contributed by atoms with E-state index in [2.05, 4.69) is 10.2 Å². The molecule has 0 aromatic heterocycles. The molecule has 1 saturated heterocycles. The quantitative estimate of drug-likeness (QED) is 0.650. The number of rotatable bonds is 7. The van der Waals surface area contributed by atoms with Crippen LogP contribution < -0.4 is 5.32 Å². The van der Waals surface area contributed by atoms with E-state index in [1.165, 1.54) is 10.6 Å². The van der Waals surface area contributed by atoms with Crippen molar-refractivity contribution in [1.29, 1.82) is 0 Å². The minimum Gasteiger partial charge on any atom is -0.394 e. The van der Waals surface area contributed by atoms with Gasteiger partial charge in [0.25, 0.3) is 0 Å². The zero-order valence-electron chi connectivity index (χ0n) is 12.2. The topological polar surface area (TPSA) is 72.9 Å². The van der Waals surface area contributed by atoms with Crippen LogP contribution in [0.25, 0.3) is 0 Å². The second kappa shape index (κ2) is 6.99. The van der Waals surface area contributed by atoms with Crippen molar-refractivity contribution in [2.45, 2.75) is 25.3 Å². The summed E-state index contributed by atoms with van der Waals surface area (Å²) in [5, 5.41) is 12.4. The molecule has 2 N–H and O–H groups in total. The molecule has 0 spiro atoms. The van der Waals surface area contributed by atoms with E-state index < -0.39 is 10.0 Å². The molecule has 0 aliphatic carbocycles. The van der Waals surface area contributed by atoms with Gasteiger partial charge in [-0.3, -0.25) is 0 Å². The van der Waals surface area contributed by atoms with Gasteiger partial charge in [0.1, 0.15) is 0 Å². The van der Waals surface area contributed by atoms with Crippen LogP contribution in [0.5, 0.6) is 0 Å². The summed E-state index contributed by atoms with van der Waals surface area (Å²) in [4.78, 5) is 2.29. The number of aliphatic hydroxyl groups excluding tert-OH is 1. The molecule has 7 heteroatoms. The molecule has 0 aromatic carbocycles. The van der Waals surface area contributed by atoms with Crippen LogP contribution >= 0.6 is 0 Å². The normalized spacial score (nSPS) is 22.3. The Kier molecular flexibility index (Phi) is 6.19. The maximum absolute atomic E-state index is 11.4. The molecule has 0 radical (unpaired) electrons. The Morgan fingerprint density at radius 3 is 2.26 bits per heavy atom. The molecule has 19 heavy (non-hydrogen) atoms. The van der Waals surface area contributed by atoms with Crippen LogP contribution in [0, 0.1) is 0 Å². The first kappa shape index (κ1) is 16.8. The number of hydrogen-bond donors (Lipinski definition) is 2. The standard InChI is InChI=1S/C12H27N3O3S/c1-12(11-16,13-2)5-4-6-14-7-9-15(10-8-14)19(3,17)18/h13,16H,4-11H2,1-3H3. The Balaban J connectivity index is 2.27. The van der Waals surface area contributed by atoms with Gasteiger partial charge in [-0.15, -0.1) is 0 Å².